The Morgan fingerprint density at radius 2 is 2.00 bits per heavy atom. The van der Waals surface area contributed by atoms with Crippen molar-refractivity contribution in [2.45, 2.75) is 26.7 Å². The summed E-state index contributed by atoms with van der Waals surface area (Å²) in [6.45, 7) is 3.33. The number of hydrogen-bond acceptors (Lipinski definition) is 7. The van der Waals surface area contributed by atoms with Gasteiger partial charge in [0.15, 0.2) is 8.77 Å². The first kappa shape index (κ1) is 15.5. The summed E-state index contributed by atoms with van der Waals surface area (Å²) in [4.78, 5) is 14.4. The molecule has 0 aliphatic carbocycles. The first-order valence-corrected chi connectivity index (χ1v) is 7.21. The summed E-state index contributed by atoms with van der Waals surface area (Å²) in [6.07, 6.45) is 0.961. The Bertz CT molecular complexity index is 324. The molecule has 1 N–H and O–H groups in total. The van der Waals surface area contributed by atoms with Crippen molar-refractivity contribution in [2.75, 3.05) is 12.4 Å². The quantitative estimate of drug-likeness (QED) is 0.402. The zero-order chi connectivity index (χ0) is 12.8. The summed E-state index contributed by atoms with van der Waals surface area (Å²) in [5.41, 5.74) is -0.728. The lowest BCUT2D eigenvalue weighted by Crippen LogP contribution is -2.34. The highest BCUT2D eigenvalue weighted by molar-refractivity contribution is 8.30. The van der Waals surface area contributed by atoms with E-state index in [9.17, 15) is 14.3 Å². The Morgan fingerprint density at radius 1 is 1.50 bits per heavy atom. The second-order valence-electron chi connectivity index (χ2n) is 3.48. The van der Waals surface area contributed by atoms with Crippen LogP contribution in [0.4, 0.5) is 0 Å². The van der Waals surface area contributed by atoms with E-state index in [0.29, 0.717) is 12.8 Å². The maximum atomic E-state index is 11.5. The highest BCUT2D eigenvalue weighted by Crippen LogP contribution is 2.29. The van der Waals surface area contributed by atoms with Gasteiger partial charge in [-0.15, -0.1) is 14.4 Å². The van der Waals surface area contributed by atoms with Crippen molar-refractivity contribution in [2.24, 2.45) is 5.41 Å². The van der Waals surface area contributed by atoms with E-state index in [0.717, 1.165) is 0 Å². The fraction of sp³-hybridized carbons (Fsp3) is 1.00. The van der Waals surface area contributed by atoms with Crippen molar-refractivity contribution >= 4 is 20.0 Å². The van der Waals surface area contributed by atoms with E-state index < -0.39 is 19.3 Å². The van der Waals surface area contributed by atoms with Gasteiger partial charge in [0, 0.05) is 16.6 Å². The summed E-state index contributed by atoms with van der Waals surface area (Å²) in [5, 5.41) is 17.6. The summed E-state index contributed by atoms with van der Waals surface area (Å²) in [7, 11) is -3.26. The van der Waals surface area contributed by atoms with Crippen LogP contribution in [-0.2, 0) is 29.1 Å². The topological polar surface area (TPSA) is 98.9 Å². The van der Waals surface area contributed by atoms with Crippen LogP contribution in [0.15, 0.2) is 0 Å². The molecule has 0 aromatic rings. The number of hydrogen-bond donors (Lipinski definition) is 1. The molecule has 0 saturated carbocycles. The lowest BCUT2D eigenvalue weighted by Gasteiger charge is -2.29. The summed E-state index contributed by atoms with van der Waals surface area (Å²) >= 11 is 4.54. The molecule has 0 spiro atoms. The second-order valence-corrected chi connectivity index (χ2v) is 6.56. The zero-order valence-corrected chi connectivity index (χ0v) is 10.7. The first-order valence-electron chi connectivity index (χ1n) is 4.64. The molecular formula is C7H15NO6S2. The standard InChI is InChI=1S/C7H15NO6S2/c1-3-7(4-2,5-13-8(9)10)6-16(12,15)14-11/h11H,3-6H2,1-2H3. The van der Waals surface area contributed by atoms with Crippen LogP contribution in [0.1, 0.15) is 26.7 Å². The van der Waals surface area contributed by atoms with Crippen LogP contribution in [0.3, 0.4) is 0 Å². The fourth-order valence-electron chi connectivity index (χ4n) is 1.29. The predicted octanol–water partition coefficient (Wildman–Crippen LogP) is 1.15. The molecule has 9 heteroatoms. The highest BCUT2D eigenvalue weighted by atomic mass is 32.8. The zero-order valence-electron chi connectivity index (χ0n) is 9.08. The van der Waals surface area contributed by atoms with Gasteiger partial charge in [0.1, 0.15) is 6.61 Å². The molecule has 1 unspecified atom stereocenters. The third-order valence-corrected chi connectivity index (χ3v) is 4.30. The van der Waals surface area contributed by atoms with Gasteiger partial charge in [-0.05, 0) is 12.8 Å². The van der Waals surface area contributed by atoms with Crippen molar-refractivity contribution in [3.05, 3.63) is 10.1 Å². The van der Waals surface area contributed by atoms with Gasteiger partial charge in [0.25, 0.3) is 5.09 Å². The Morgan fingerprint density at radius 3 is 2.31 bits per heavy atom. The van der Waals surface area contributed by atoms with Gasteiger partial charge in [-0.1, -0.05) is 13.8 Å². The predicted molar refractivity (Wildman–Crippen MR) is 60.0 cm³/mol. The molecule has 0 rings (SSSR count). The van der Waals surface area contributed by atoms with Gasteiger partial charge in [-0.3, -0.25) is 0 Å². The van der Waals surface area contributed by atoms with Gasteiger partial charge in [0.05, 0.1) is 5.75 Å². The first-order chi connectivity index (χ1) is 7.31. The Hall–Kier alpha value is -0.510. The molecule has 0 aromatic carbocycles. The normalized spacial score (nSPS) is 15.4. The van der Waals surface area contributed by atoms with Gasteiger partial charge < -0.3 is 4.84 Å². The molecular weight excluding hydrogens is 258 g/mol. The van der Waals surface area contributed by atoms with Gasteiger partial charge >= 0.3 is 0 Å². The Kier molecular flexibility index (Phi) is 6.08. The molecule has 0 aliphatic rings. The average Bonchev–Trinajstić information content (AvgIpc) is 2.24. The van der Waals surface area contributed by atoms with E-state index in [1.165, 1.54) is 0 Å². The highest BCUT2D eigenvalue weighted by Gasteiger charge is 2.32. The molecule has 0 bridgehead atoms. The van der Waals surface area contributed by atoms with Crippen LogP contribution < -0.4 is 0 Å². The smallest absolute Gasteiger partial charge is 0.294 e. The third kappa shape index (κ3) is 5.01. The Balaban J connectivity index is 4.75. The maximum Gasteiger partial charge on any atom is 0.294 e. The lowest BCUT2D eigenvalue weighted by atomic mass is 9.85. The molecule has 0 amide bonds. The van der Waals surface area contributed by atoms with E-state index in [2.05, 4.69) is 20.4 Å². The monoisotopic (exact) mass is 273 g/mol. The lowest BCUT2D eigenvalue weighted by molar-refractivity contribution is -0.760. The molecule has 0 saturated heterocycles. The van der Waals surface area contributed by atoms with Crippen LogP contribution >= 0.6 is 0 Å². The van der Waals surface area contributed by atoms with Crippen molar-refractivity contribution in [1.29, 1.82) is 0 Å². The van der Waals surface area contributed by atoms with E-state index in [4.69, 9.17) is 5.26 Å². The summed E-state index contributed by atoms with van der Waals surface area (Å²) in [6, 6.07) is 0. The number of rotatable bonds is 8. The van der Waals surface area contributed by atoms with E-state index in [-0.39, 0.29) is 12.4 Å². The van der Waals surface area contributed by atoms with Crippen LogP contribution in [0.25, 0.3) is 0 Å². The van der Waals surface area contributed by atoms with Gasteiger partial charge in [-0.2, -0.15) is 0 Å². The SMILES string of the molecule is CCC(CC)(CO[N+](=O)[O-])CS(=O)(=S)OO. The van der Waals surface area contributed by atoms with Gasteiger partial charge in [0.2, 0.25) is 0 Å². The number of nitrogens with zero attached hydrogens (tertiary/aromatic N) is 1. The van der Waals surface area contributed by atoms with Gasteiger partial charge in [-0.25, -0.2) is 9.47 Å². The van der Waals surface area contributed by atoms with Crippen LogP contribution in [0, 0.1) is 15.5 Å². The minimum atomic E-state index is -3.26. The van der Waals surface area contributed by atoms with E-state index >= 15 is 0 Å². The minimum Gasteiger partial charge on any atom is -0.313 e. The molecule has 0 radical (unpaired) electrons. The molecule has 7 nitrogen and oxygen atoms in total. The molecule has 0 fully saturated rings. The molecule has 0 heterocycles. The molecule has 0 aromatic heterocycles. The molecule has 16 heavy (non-hydrogen) atoms. The van der Waals surface area contributed by atoms with E-state index in [1.807, 2.05) is 0 Å². The average molecular weight is 273 g/mol. The maximum absolute atomic E-state index is 11.5. The van der Waals surface area contributed by atoms with Crippen molar-refractivity contribution in [1.82, 2.24) is 0 Å². The van der Waals surface area contributed by atoms with Crippen molar-refractivity contribution in [3.63, 3.8) is 0 Å². The minimum absolute atomic E-state index is 0.160. The fourth-order valence-corrected chi connectivity index (χ4v) is 3.34. The summed E-state index contributed by atoms with van der Waals surface area (Å²) < 4.78 is 15.2. The molecule has 1 atom stereocenters. The second kappa shape index (κ2) is 6.28. The van der Waals surface area contributed by atoms with Crippen molar-refractivity contribution < 1.29 is 23.7 Å². The van der Waals surface area contributed by atoms with Crippen LogP contribution in [-0.4, -0.2) is 26.9 Å². The third-order valence-electron chi connectivity index (χ3n) is 2.57. The summed E-state index contributed by atoms with van der Waals surface area (Å²) in [5.74, 6) is -0.160. The molecule has 96 valence electrons. The van der Waals surface area contributed by atoms with Crippen LogP contribution in [0.2, 0.25) is 0 Å². The van der Waals surface area contributed by atoms with E-state index in [1.54, 1.807) is 13.8 Å². The Labute approximate surface area is 98.6 Å². The molecule has 0 aliphatic heterocycles. The van der Waals surface area contributed by atoms with Crippen LogP contribution in [0.5, 0.6) is 0 Å². The van der Waals surface area contributed by atoms with Crippen molar-refractivity contribution in [3.8, 4) is 0 Å². The largest absolute Gasteiger partial charge is 0.313 e.